The van der Waals surface area contributed by atoms with Crippen LogP contribution in [0, 0.1) is 24.0 Å². The molecule has 3 aromatic rings. The topological polar surface area (TPSA) is 99.9 Å². The zero-order chi connectivity index (χ0) is 15.0. The van der Waals surface area contributed by atoms with E-state index in [1.807, 2.05) is 16.8 Å². The second-order valence-corrected chi connectivity index (χ2v) is 5.24. The van der Waals surface area contributed by atoms with E-state index in [-0.39, 0.29) is 12.2 Å². The Labute approximate surface area is 123 Å². The van der Waals surface area contributed by atoms with Crippen molar-refractivity contribution in [3.05, 3.63) is 44.2 Å². The smallest absolute Gasteiger partial charge is 0.312 e. The predicted molar refractivity (Wildman–Crippen MR) is 75.1 cm³/mol. The Kier molecular flexibility index (Phi) is 3.26. The van der Waals surface area contributed by atoms with E-state index >= 15 is 0 Å². The van der Waals surface area contributed by atoms with Gasteiger partial charge in [-0.1, -0.05) is 5.16 Å². The summed E-state index contributed by atoms with van der Waals surface area (Å²) in [7, 11) is 0. The fraction of sp³-hybridized carbons (Fsp3) is 0.250. The van der Waals surface area contributed by atoms with Crippen LogP contribution in [0.1, 0.15) is 17.3 Å². The van der Waals surface area contributed by atoms with Crippen LogP contribution in [-0.4, -0.2) is 24.8 Å². The van der Waals surface area contributed by atoms with Crippen molar-refractivity contribution in [2.24, 2.45) is 0 Å². The van der Waals surface area contributed by atoms with Crippen molar-refractivity contribution in [3.63, 3.8) is 0 Å². The van der Waals surface area contributed by atoms with Gasteiger partial charge in [-0.15, -0.1) is 0 Å². The zero-order valence-corrected chi connectivity index (χ0v) is 12.1. The normalized spacial score (nSPS) is 11.0. The van der Waals surface area contributed by atoms with Gasteiger partial charge >= 0.3 is 5.69 Å². The summed E-state index contributed by atoms with van der Waals surface area (Å²) >= 11 is 1.54. The molecular formula is C12H11N5O3S. The average Bonchev–Trinajstić information content (AvgIpc) is 3.11. The van der Waals surface area contributed by atoms with Crippen LogP contribution in [0.5, 0.6) is 0 Å². The first-order chi connectivity index (χ1) is 10.1. The van der Waals surface area contributed by atoms with Crippen molar-refractivity contribution in [2.45, 2.75) is 20.4 Å². The number of thiophene rings is 1. The zero-order valence-electron chi connectivity index (χ0n) is 11.3. The Balaban J connectivity index is 1.88. The van der Waals surface area contributed by atoms with Crippen molar-refractivity contribution in [1.29, 1.82) is 0 Å². The van der Waals surface area contributed by atoms with E-state index in [0.29, 0.717) is 23.1 Å². The Hall–Kier alpha value is -2.55. The molecule has 3 rings (SSSR count). The summed E-state index contributed by atoms with van der Waals surface area (Å²) in [6.45, 7) is 3.46. The van der Waals surface area contributed by atoms with Crippen molar-refractivity contribution in [3.8, 4) is 11.4 Å². The SMILES string of the molecule is Cc1nn(Cc2nc(-c3ccsc3)no2)c(C)c1[N+](=O)[O-]. The molecule has 0 aliphatic heterocycles. The summed E-state index contributed by atoms with van der Waals surface area (Å²) in [6.07, 6.45) is 0. The average molecular weight is 305 g/mol. The highest BCUT2D eigenvalue weighted by molar-refractivity contribution is 7.08. The van der Waals surface area contributed by atoms with Gasteiger partial charge < -0.3 is 4.52 Å². The number of hydrogen-bond donors (Lipinski definition) is 0. The maximum atomic E-state index is 11.0. The van der Waals surface area contributed by atoms with E-state index in [4.69, 9.17) is 4.52 Å². The lowest BCUT2D eigenvalue weighted by molar-refractivity contribution is -0.386. The minimum absolute atomic E-state index is 0.0209. The molecule has 3 heterocycles. The van der Waals surface area contributed by atoms with E-state index in [1.165, 1.54) is 4.68 Å². The first kappa shape index (κ1) is 13.4. The van der Waals surface area contributed by atoms with Gasteiger partial charge in [-0.05, 0) is 25.3 Å². The third-order valence-corrected chi connectivity index (χ3v) is 3.74. The van der Waals surface area contributed by atoms with Gasteiger partial charge in [0.1, 0.15) is 17.9 Å². The van der Waals surface area contributed by atoms with Crippen LogP contribution in [0.4, 0.5) is 5.69 Å². The number of nitrogens with zero attached hydrogens (tertiary/aromatic N) is 5. The van der Waals surface area contributed by atoms with Crippen LogP contribution in [-0.2, 0) is 6.54 Å². The summed E-state index contributed by atoms with van der Waals surface area (Å²) in [5.41, 5.74) is 1.74. The van der Waals surface area contributed by atoms with Crippen LogP contribution < -0.4 is 0 Å². The number of aromatic nitrogens is 4. The van der Waals surface area contributed by atoms with Gasteiger partial charge in [0, 0.05) is 10.9 Å². The quantitative estimate of drug-likeness (QED) is 0.542. The Morgan fingerprint density at radius 2 is 2.29 bits per heavy atom. The number of nitro groups is 1. The van der Waals surface area contributed by atoms with E-state index in [1.54, 1.807) is 25.2 Å². The van der Waals surface area contributed by atoms with Gasteiger partial charge in [-0.3, -0.25) is 14.8 Å². The minimum Gasteiger partial charge on any atom is -0.337 e. The molecule has 0 atom stereocenters. The molecular weight excluding hydrogens is 294 g/mol. The van der Waals surface area contributed by atoms with Gasteiger partial charge in [0.15, 0.2) is 0 Å². The summed E-state index contributed by atoms with van der Waals surface area (Å²) in [5, 5.41) is 22.9. The molecule has 0 fully saturated rings. The largest absolute Gasteiger partial charge is 0.337 e. The Morgan fingerprint density at radius 3 is 2.90 bits per heavy atom. The number of rotatable bonds is 4. The molecule has 0 N–H and O–H groups in total. The minimum atomic E-state index is -0.432. The lowest BCUT2D eigenvalue weighted by Crippen LogP contribution is -2.04. The standard InChI is InChI=1S/C12H11N5O3S/c1-7-11(17(18)19)8(2)16(14-7)5-10-13-12(15-20-10)9-3-4-21-6-9/h3-4,6H,5H2,1-2H3. The van der Waals surface area contributed by atoms with Gasteiger partial charge in [0.2, 0.25) is 11.7 Å². The number of hydrogen-bond acceptors (Lipinski definition) is 7. The summed E-state index contributed by atoms with van der Waals surface area (Å²) < 4.78 is 6.67. The van der Waals surface area contributed by atoms with Crippen molar-refractivity contribution in [1.82, 2.24) is 19.9 Å². The molecule has 0 saturated heterocycles. The van der Waals surface area contributed by atoms with Crippen LogP contribution >= 0.6 is 11.3 Å². The third-order valence-electron chi connectivity index (χ3n) is 3.06. The molecule has 0 spiro atoms. The first-order valence-electron chi connectivity index (χ1n) is 6.10. The molecule has 0 saturated carbocycles. The first-order valence-corrected chi connectivity index (χ1v) is 7.04. The molecule has 0 aliphatic carbocycles. The summed E-state index contributed by atoms with van der Waals surface area (Å²) in [5.74, 6) is 0.860. The fourth-order valence-corrected chi connectivity index (χ4v) is 2.70. The molecule has 108 valence electrons. The highest BCUT2D eigenvalue weighted by Crippen LogP contribution is 2.23. The van der Waals surface area contributed by atoms with Crippen LogP contribution in [0.2, 0.25) is 0 Å². The van der Waals surface area contributed by atoms with Gasteiger partial charge in [0.05, 0.1) is 4.92 Å². The monoisotopic (exact) mass is 305 g/mol. The fourth-order valence-electron chi connectivity index (χ4n) is 2.06. The van der Waals surface area contributed by atoms with Crippen LogP contribution in [0.3, 0.4) is 0 Å². The van der Waals surface area contributed by atoms with Crippen molar-refractivity contribution in [2.75, 3.05) is 0 Å². The lowest BCUT2D eigenvalue weighted by Gasteiger charge is -1.98. The lowest BCUT2D eigenvalue weighted by atomic mass is 10.3. The molecule has 8 nitrogen and oxygen atoms in total. The van der Waals surface area contributed by atoms with Gasteiger partial charge in [0.25, 0.3) is 0 Å². The molecule has 3 aromatic heterocycles. The molecule has 0 bridgehead atoms. The molecule has 0 unspecified atom stereocenters. The van der Waals surface area contributed by atoms with E-state index < -0.39 is 4.92 Å². The van der Waals surface area contributed by atoms with E-state index in [9.17, 15) is 10.1 Å². The molecule has 21 heavy (non-hydrogen) atoms. The summed E-state index contributed by atoms with van der Waals surface area (Å²) in [4.78, 5) is 14.8. The highest BCUT2D eigenvalue weighted by atomic mass is 32.1. The highest BCUT2D eigenvalue weighted by Gasteiger charge is 2.22. The van der Waals surface area contributed by atoms with Gasteiger partial charge in [-0.2, -0.15) is 21.4 Å². The van der Waals surface area contributed by atoms with Gasteiger partial charge in [-0.25, -0.2) is 0 Å². The van der Waals surface area contributed by atoms with Crippen molar-refractivity contribution >= 4 is 17.0 Å². The Bertz CT molecular complexity index is 790. The maximum absolute atomic E-state index is 11.0. The molecule has 0 aliphatic rings. The molecule has 9 heteroatoms. The Morgan fingerprint density at radius 1 is 1.48 bits per heavy atom. The second-order valence-electron chi connectivity index (χ2n) is 4.46. The second kappa shape index (κ2) is 5.09. The van der Waals surface area contributed by atoms with Crippen molar-refractivity contribution < 1.29 is 9.45 Å². The molecule has 0 amide bonds. The maximum Gasteiger partial charge on any atom is 0.312 e. The summed E-state index contributed by atoms with van der Waals surface area (Å²) in [6, 6.07) is 1.90. The molecule has 0 radical (unpaired) electrons. The van der Waals surface area contributed by atoms with E-state index in [2.05, 4.69) is 15.2 Å². The van der Waals surface area contributed by atoms with Crippen LogP contribution in [0.15, 0.2) is 21.3 Å². The van der Waals surface area contributed by atoms with E-state index in [0.717, 1.165) is 5.56 Å². The number of aryl methyl sites for hydroxylation is 1. The predicted octanol–water partition coefficient (Wildman–Crippen LogP) is 2.57. The molecule has 0 aromatic carbocycles. The third kappa shape index (κ3) is 2.42. The van der Waals surface area contributed by atoms with Crippen LogP contribution in [0.25, 0.3) is 11.4 Å².